The zero-order valence-electron chi connectivity index (χ0n) is 9.35. The van der Waals surface area contributed by atoms with Gasteiger partial charge < -0.3 is 5.11 Å². The molecule has 1 aromatic carbocycles. The molecule has 0 aromatic heterocycles. The Morgan fingerprint density at radius 3 is 2.31 bits per heavy atom. The first-order valence-electron chi connectivity index (χ1n) is 4.76. The maximum Gasteiger partial charge on any atom is 0.342 e. The fraction of sp³-hybridized carbons (Fsp3) is 0.364. The van der Waals surface area contributed by atoms with Crippen LogP contribution >= 0.6 is 0 Å². The molecule has 0 aliphatic rings. The minimum atomic E-state index is -1.28. The van der Waals surface area contributed by atoms with E-state index in [1.165, 1.54) is 12.1 Å². The van der Waals surface area contributed by atoms with Gasteiger partial charge in [0.05, 0.1) is 4.92 Å². The van der Waals surface area contributed by atoms with Gasteiger partial charge in [0, 0.05) is 5.56 Å². The number of carboxylic acid groups (broad SMARTS) is 1. The van der Waals surface area contributed by atoms with E-state index in [0.717, 1.165) is 0 Å². The van der Waals surface area contributed by atoms with Crippen LogP contribution in [0, 0.1) is 10.1 Å². The van der Waals surface area contributed by atoms with E-state index in [4.69, 9.17) is 5.11 Å². The molecule has 5 nitrogen and oxygen atoms in total. The lowest BCUT2D eigenvalue weighted by Crippen LogP contribution is -2.16. The van der Waals surface area contributed by atoms with Gasteiger partial charge in [0.15, 0.2) is 0 Å². The Morgan fingerprint density at radius 2 is 1.94 bits per heavy atom. The predicted molar refractivity (Wildman–Crippen MR) is 58.8 cm³/mol. The second kappa shape index (κ2) is 3.92. The maximum atomic E-state index is 10.9. The summed E-state index contributed by atoms with van der Waals surface area (Å²) in [5, 5.41) is 19.8. The fourth-order valence-electron chi connectivity index (χ4n) is 1.52. The molecule has 0 amide bonds. The van der Waals surface area contributed by atoms with Crippen molar-refractivity contribution in [2.45, 2.75) is 26.2 Å². The Bertz CT molecular complexity index is 446. The van der Waals surface area contributed by atoms with Crippen LogP contribution in [0.5, 0.6) is 0 Å². The number of hydrogen-bond acceptors (Lipinski definition) is 3. The van der Waals surface area contributed by atoms with E-state index in [2.05, 4.69) is 0 Å². The van der Waals surface area contributed by atoms with Gasteiger partial charge in [0.2, 0.25) is 0 Å². The number of hydrogen-bond donors (Lipinski definition) is 1. The molecule has 16 heavy (non-hydrogen) atoms. The first-order valence-corrected chi connectivity index (χ1v) is 4.76. The number of aromatic carboxylic acids is 1. The molecule has 0 heterocycles. The summed E-state index contributed by atoms with van der Waals surface area (Å²) in [6.45, 7) is 5.42. The zero-order chi connectivity index (χ0) is 12.5. The molecule has 0 atom stereocenters. The highest BCUT2D eigenvalue weighted by Gasteiger charge is 2.30. The topological polar surface area (TPSA) is 80.4 Å². The van der Waals surface area contributed by atoms with E-state index >= 15 is 0 Å². The monoisotopic (exact) mass is 223 g/mol. The molecule has 1 rings (SSSR count). The largest absolute Gasteiger partial charge is 0.477 e. The van der Waals surface area contributed by atoms with Crippen molar-refractivity contribution in [3.05, 3.63) is 39.4 Å². The number of nitrogens with zero attached hydrogens (tertiary/aromatic N) is 1. The Labute approximate surface area is 92.9 Å². The maximum absolute atomic E-state index is 10.9. The Kier molecular flexibility index (Phi) is 2.98. The van der Waals surface area contributed by atoms with Gasteiger partial charge in [0.1, 0.15) is 5.56 Å². The van der Waals surface area contributed by atoms with Crippen molar-refractivity contribution in [1.29, 1.82) is 0 Å². The third kappa shape index (κ3) is 2.18. The van der Waals surface area contributed by atoms with Gasteiger partial charge in [-0.1, -0.05) is 32.9 Å². The Morgan fingerprint density at radius 1 is 1.38 bits per heavy atom. The lowest BCUT2D eigenvalue weighted by Gasteiger charge is -2.19. The average molecular weight is 223 g/mol. The normalized spacial score (nSPS) is 11.2. The summed E-state index contributed by atoms with van der Waals surface area (Å²) in [7, 11) is 0. The molecule has 0 aliphatic heterocycles. The average Bonchev–Trinajstić information content (AvgIpc) is 2.14. The number of rotatable bonds is 2. The van der Waals surface area contributed by atoms with Crippen molar-refractivity contribution in [3.63, 3.8) is 0 Å². The van der Waals surface area contributed by atoms with Crippen LogP contribution in [0.25, 0.3) is 0 Å². The van der Waals surface area contributed by atoms with Gasteiger partial charge in [0.25, 0.3) is 5.69 Å². The zero-order valence-corrected chi connectivity index (χ0v) is 9.35. The van der Waals surface area contributed by atoms with E-state index in [9.17, 15) is 14.9 Å². The van der Waals surface area contributed by atoms with Gasteiger partial charge in [-0.05, 0) is 11.5 Å². The third-order valence-electron chi connectivity index (χ3n) is 2.26. The molecule has 1 aromatic rings. The van der Waals surface area contributed by atoms with Crippen LogP contribution < -0.4 is 0 Å². The second-order valence-corrected chi connectivity index (χ2v) is 4.51. The van der Waals surface area contributed by atoms with Crippen molar-refractivity contribution >= 4 is 11.7 Å². The van der Waals surface area contributed by atoms with E-state index in [-0.39, 0.29) is 11.3 Å². The molecule has 0 unspecified atom stereocenters. The SMILES string of the molecule is CC(C)(C)c1cccc(C(=O)O)c1[N+](=O)[O-]. The smallest absolute Gasteiger partial charge is 0.342 e. The lowest BCUT2D eigenvalue weighted by atomic mass is 9.84. The summed E-state index contributed by atoms with van der Waals surface area (Å²) in [4.78, 5) is 21.2. The second-order valence-electron chi connectivity index (χ2n) is 4.51. The Hall–Kier alpha value is -1.91. The summed E-state index contributed by atoms with van der Waals surface area (Å²) in [6.07, 6.45) is 0. The molecule has 0 bridgehead atoms. The van der Waals surface area contributed by atoms with Crippen molar-refractivity contribution < 1.29 is 14.8 Å². The molecule has 0 fully saturated rings. The predicted octanol–water partition coefficient (Wildman–Crippen LogP) is 2.59. The molecule has 0 radical (unpaired) electrons. The number of nitro groups is 1. The molecule has 0 spiro atoms. The summed E-state index contributed by atoms with van der Waals surface area (Å²) in [5.41, 5.74) is -0.620. The van der Waals surface area contributed by atoms with Gasteiger partial charge in [-0.3, -0.25) is 10.1 Å². The minimum absolute atomic E-state index is 0.266. The molecule has 0 saturated carbocycles. The minimum Gasteiger partial charge on any atom is -0.477 e. The van der Waals surface area contributed by atoms with Crippen LogP contribution in [0.1, 0.15) is 36.7 Å². The lowest BCUT2D eigenvalue weighted by molar-refractivity contribution is -0.386. The van der Waals surface area contributed by atoms with Gasteiger partial charge in [-0.2, -0.15) is 0 Å². The number of para-hydroxylation sites is 1. The van der Waals surface area contributed by atoms with Crippen LogP contribution in [0.15, 0.2) is 18.2 Å². The van der Waals surface area contributed by atoms with Crippen LogP contribution in [0.2, 0.25) is 0 Å². The molecular weight excluding hydrogens is 210 g/mol. The van der Waals surface area contributed by atoms with Crippen molar-refractivity contribution in [2.24, 2.45) is 0 Å². The van der Waals surface area contributed by atoms with Crippen LogP contribution in [-0.4, -0.2) is 16.0 Å². The Balaban J connectivity index is 3.58. The summed E-state index contributed by atoms with van der Waals surface area (Å²) < 4.78 is 0. The van der Waals surface area contributed by atoms with E-state index in [1.807, 2.05) is 0 Å². The number of benzene rings is 1. The van der Waals surface area contributed by atoms with Crippen molar-refractivity contribution in [1.82, 2.24) is 0 Å². The first-order chi connectivity index (χ1) is 7.25. The van der Waals surface area contributed by atoms with Gasteiger partial charge in [-0.15, -0.1) is 0 Å². The highest BCUT2D eigenvalue weighted by molar-refractivity contribution is 5.93. The van der Waals surface area contributed by atoms with Crippen LogP contribution in [0.4, 0.5) is 5.69 Å². The fourth-order valence-corrected chi connectivity index (χ4v) is 1.52. The molecule has 1 N–H and O–H groups in total. The molecule has 86 valence electrons. The quantitative estimate of drug-likeness (QED) is 0.617. The van der Waals surface area contributed by atoms with E-state index < -0.39 is 16.3 Å². The highest BCUT2D eigenvalue weighted by atomic mass is 16.6. The molecule has 0 aliphatic carbocycles. The number of carboxylic acids is 1. The standard InChI is InChI=1S/C11H13NO4/c1-11(2,3)8-6-4-5-7(10(13)14)9(8)12(15)16/h4-6H,1-3H3,(H,13,14). The van der Waals surface area contributed by atoms with Crippen molar-refractivity contribution in [3.8, 4) is 0 Å². The summed E-state index contributed by atoms with van der Waals surface area (Å²) in [5.74, 6) is -1.28. The third-order valence-corrected chi connectivity index (χ3v) is 2.26. The summed E-state index contributed by atoms with van der Waals surface area (Å²) >= 11 is 0. The summed E-state index contributed by atoms with van der Waals surface area (Å²) in [6, 6.07) is 4.36. The van der Waals surface area contributed by atoms with Crippen molar-refractivity contribution in [2.75, 3.05) is 0 Å². The van der Waals surface area contributed by atoms with E-state index in [0.29, 0.717) is 5.56 Å². The molecular formula is C11H13NO4. The number of carbonyl (C=O) groups is 1. The van der Waals surface area contributed by atoms with Crippen LogP contribution in [-0.2, 0) is 5.41 Å². The molecule has 5 heteroatoms. The van der Waals surface area contributed by atoms with Gasteiger partial charge in [-0.25, -0.2) is 4.79 Å². The van der Waals surface area contributed by atoms with E-state index in [1.54, 1.807) is 26.8 Å². The van der Waals surface area contributed by atoms with Crippen LogP contribution in [0.3, 0.4) is 0 Å². The van der Waals surface area contributed by atoms with Gasteiger partial charge >= 0.3 is 5.97 Å². The number of nitro benzene ring substituents is 1. The highest BCUT2D eigenvalue weighted by Crippen LogP contribution is 2.33. The molecule has 0 saturated heterocycles. The first kappa shape index (κ1) is 12.2.